The van der Waals surface area contributed by atoms with Gasteiger partial charge in [-0.3, -0.25) is 9.25 Å². The molecule has 0 amide bonds. The first-order valence-electron chi connectivity index (χ1n) is 7.80. The number of rotatable bonds is 4. The fourth-order valence-electron chi connectivity index (χ4n) is 2.64. The molecule has 4 aromatic rings. The Hall–Kier alpha value is -3.42. The monoisotopic (exact) mass is 336 g/mol. The predicted molar refractivity (Wildman–Crippen MR) is 91.8 cm³/mol. The maximum atomic E-state index is 10.5. The number of hydrogen-bond donors (Lipinski definition) is 1. The Morgan fingerprint density at radius 1 is 1.12 bits per heavy atom. The molecule has 0 unspecified atom stereocenters. The third kappa shape index (κ3) is 2.57. The van der Waals surface area contributed by atoms with Crippen molar-refractivity contribution in [2.24, 2.45) is 0 Å². The molecule has 0 saturated heterocycles. The van der Waals surface area contributed by atoms with Crippen LogP contribution in [0, 0.1) is 0 Å². The summed E-state index contributed by atoms with van der Waals surface area (Å²) < 4.78 is 8.44. The van der Waals surface area contributed by atoms with Gasteiger partial charge in [-0.25, -0.2) is 15.0 Å². The van der Waals surface area contributed by atoms with Crippen LogP contribution in [0.5, 0.6) is 11.9 Å². The maximum absolute atomic E-state index is 10.5. The number of aromatic nitrogens is 6. The minimum Gasteiger partial charge on any atom is -0.494 e. The van der Waals surface area contributed by atoms with E-state index in [0.717, 1.165) is 23.5 Å². The van der Waals surface area contributed by atoms with Gasteiger partial charge in [-0.05, 0) is 19.1 Å². The number of nitrogens with zero attached hydrogens (tertiary/aromatic N) is 6. The molecule has 8 heteroatoms. The van der Waals surface area contributed by atoms with Gasteiger partial charge in [-0.15, -0.1) is 0 Å². The van der Waals surface area contributed by atoms with Crippen LogP contribution in [0.4, 0.5) is 0 Å². The standard InChI is InChI=1S/C17H16N6O2/c1-3-22-9-12(8-20-22)23-10-15-13(16(23)24)4-5-14(21-15)11-6-18-17(25-2)19-7-11/h4-10,24H,3H2,1-2H3. The molecule has 0 atom stereocenters. The molecule has 8 nitrogen and oxygen atoms in total. The number of hydrogen-bond acceptors (Lipinski definition) is 6. The van der Waals surface area contributed by atoms with Gasteiger partial charge >= 0.3 is 6.01 Å². The molecule has 126 valence electrons. The number of aromatic hydroxyl groups is 1. The molecule has 1 N–H and O–H groups in total. The predicted octanol–water partition coefficient (Wildman–Crippen LogP) is 2.41. The molecule has 0 aromatic carbocycles. The quantitative estimate of drug-likeness (QED) is 0.615. The summed E-state index contributed by atoms with van der Waals surface area (Å²) in [6.45, 7) is 2.77. The van der Waals surface area contributed by atoms with E-state index < -0.39 is 0 Å². The van der Waals surface area contributed by atoms with Crippen LogP contribution in [0.25, 0.3) is 27.8 Å². The van der Waals surface area contributed by atoms with E-state index >= 15 is 0 Å². The van der Waals surface area contributed by atoms with Crippen LogP contribution in [-0.2, 0) is 6.54 Å². The topological polar surface area (TPSA) is 90.9 Å². The zero-order chi connectivity index (χ0) is 17.4. The van der Waals surface area contributed by atoms with E-state index in [1.165, 1.54) is 7.11 Å². The van der Waals surface area contributed by atoms with E-state index in [-0.39, 0.29) is 5.88 Å². The Kier molecular flexibility index (Phi) is 3.57. The van der Waals surface area contributed by atoms with Gasteiger partial charge in [-0.1, -0.05) is 0 Å². The third-order valence-corrected chi connectivity index (χ3v) is 3.97. The second-order valence-electron chi connectivity index (χ2n) is 5.46. The summed E-state index contributed by atoms with van der Waals surface area (Å²) in [5.41, 5.74) is 2.95. The van der Waals surface area contributed by atoms with Crippen LogP contribution in [0.2, 0.25) is 0 Å². The highest BCUT2D eigenvalue weighted by Crippen LogP contribution is 2.30. The smallest absolute Gasteiger partial charge is 0.316 e. The molecule has 4 rings (SSSR count). The first kappa shape index (κ1) is 15.1. The summed E-state index contributed by atoms with van der Waals surface area (Å²) in [6, 6.07) is 3.96. The lowest BCUT2D eigenvalue weighted by atomic mass is 10.2. The van der Waals surface area contributed by atoms with Crippen molar-refractivity contribution in [2.45, 2.75) is 13.5 Å². The van der Waals surface area contributed by atoms with Crippen molar-refractivity contribution < 1.29 is 9.84 Å². The Balaban J connectivity index is 1.78. The molecule has 0 aliphatic heterocycles. The van der Waals surface area contributed by atoms with Gasteiger partial charge in [0, 0.05) is 36.9 Å². The van der Waals surface area contributed by atoms with E-state index in [2.05, 4.69) is 20.1 Å². The van der Waals surface area contributed by atoms with Gasteiger partial charge in [0.05, 0.1) is 35.6 Å². The fourth-order valence-corrected chi connectivity index (χ4v) is 2.64. The summed E-state index contributed by atoms with van der Waals surface area (Å²) in [5.74, 6) is 0.135. The van der Waals surface area contributed by atoms with Crippen molar-refractivity contribution in [2.75, 3.05) is 7.11 Å². The van der Waals surface area contributed by atoms with Gasteiger partial charge in [-0.2, -0.15) is 5.10 Å². The molecule has 4 heterocycles. The van der Waals surface area contributed by atoms with Crippen LogP contribution in [-0.4, -0.2) is 41.5 Å². The molecule has 0 aliphatic carbocycles. The molecule has 0 fully saturated rings. The van der Waals surface area contributed by atoms with Crippen LogP contribution >= 0.6 is 0 Å². The third-order valence-electron chi connectivity index (χ3n) is 3.97. The molecular formula is C17H16N6O2. The highest BCUT2D eigenvalue weighted by atomic mass is 16.5. The second kappa shape index (κ2) is 5.90. The molecule has 0 saturated carbocycles. The molecule has 0 radical (unpaired) electrons. The van der Waals surface area contributed by atoms with Crippen molar-refractivity contribution in [3.8, 4) is 28.8 Å². The fraction of sp³-hybridized carbons (Fsp3) is 0.176. The number of methoxy groups -OCH3 is 1. The van der Waals surface area contributed by atoms with E-state index in [1.54, 1.807) is 34.0 Å². The Morgan fingerprint density at radius 2 is 1.92 bits per heavy atom. The van der Waals surface area contributed by atoms with E-state index in [4.69, 9.17) is 4.74 Å². The minimum absolute atomic E-state index is 0.135. The minimum atomic E-state index is 0.135. The summed E-state index contributed by atoms with van der Waals surface area (Å²) in [7, 11) is 1.52. The second-order valence-corrected chi connectivity index (χ2v) is 5.46. The van der Waals surface area contributed by atoms with Crippen molar-refractivity contribution in [1.29, 1.82) is 0 Å². The lowest BCUT2D eigenvalue weighted by molar-refractivity contribution is 0.380. The number of fused-ring (bicyclic) bond motifs is 1. The van der Waals surface area contributed by atoms with Gasteiger partial charge in [0.1, 0.15) is 0 Å². The summed E-state index contributed by atoms with van der Waals surface area (Å²) >= 11 is 0. The van der Waals surface area contributed by atoms with E-state index in [9.17, 15) is 5.11 Å². The molecule has 0 aliphatic rings. The number of pyridine rings is 1. The normalized spacial score (nSPS) is 11.1. The van der Waals surface area contributed by atoms with Crippen molar-refractivity contribution >= 4 is 10.9 Å². The molecular weight excluding hydrogens is 320 g/mol. The highest BCUT2D eigenvalue weighted by Gasteiger charge is 2.13. The Labute approximate surface area is 143 Å². The first-order chi connectivity index (χ1) is 12.2. The van der Waals surface area contributed by atoms with Crippen molar-refractivity contribution in [1.82, 2.24) is 29.3 Å². The van der Waals surface area contributed by atoms with Crippen LogP contribution in [0.1, 0.15) is 6.92 Å². The molecule has 0 bridgehead atoms. The summed E-state index contributed by atoms with van der Waals surface area (Å²) in [6.07, 6.45) is 8.68. The van der Waals surface area contributed by atoms with Gasteiger partial charge in [0.15, 0.2) is 0 Å². The van der Waals surface area contributed by atoms with Crippen molar-refractivity contribution in [3.05, 3.63) is 43.1 Å². The zero-order valence-corrected chi connectivity index (χ0v) is 13.8. The average Bonchev–Trinajstić information content (AvgIpc) is 3.26. The SMILES string of the molecule is CCn1cc(-n2cc3nc(-c4cnc(OC)nc4)ccc3c2O)cn1. The van der Waals surface area contributed by atoms with Gasteiger partial charge < -0.3 is 9.84 Å². The number of ether oxygens (including phenoxy) is 1. The number of aryl methyl sites for hydroxylation is 1. The Morgan fingerprint density at radius 3 is 2.60 bits per heavy atom. The van der Waals surface area contributed by atoms with E-state index in [0.29, 0.717) is 16.9 Å². The summed E-state index contributed by atoms with van der Waals surface area (Å²) in [5, 5.41) is 15.4. The first-order valence-corrected chi connectivity index (χ1v) is 7.80. The maximum Gasteiger partial charge on any atom is 0.316 e. The van der Waals surface area contributed by atoms with Crippen molar-refractivity contribution in [3.63, 3.8) is 0 Å². The molecule has 25 heavy (non-hydrogen) atoms. The molecule has 0 spiro atoms. The van der Waals surface area contributed by atoms with Gasteiger partial charge in [0.2, 0.25) is 5.88 Å². The summed E-state index contributed by atoms with van der Waals surface area (Å²) in [4.78, 5) is 12.8. The van der Waals surface area contributed by atoms with Crippen LogP contribution in [0.15, 0.2) is 43.1 Å². The lowest BCUT2D eigenvalue weighted by Crippen LogP contribution is -1.93. The highest BCUT2D eigenvalue weighted by molar-refractivity contribution is 5.87. The Bertz CT molecular complexity index is 1040. The zero-order valence-electron chi connectivity index (χ0n) is 13.8. The van der Waals surface area contributed by atoms with E-state index in [1.807, 2.05) is 25.3 Å². The van der Waals surface area contributed by atoms with Crippen LogP contribution < -0.4 is 4.74 Å². The largest absolute Gasteiger partial charge is 0.494 e. The van der Waals surface area contributed by atoms with Gasteiger partial charge in [0.25, 0.3) is 0 Å². The van der Waals surface area contributed by atoms with Crippen LogP contribution in [0.3, 0.4) is 0 Å². The lowest BCUT2D eigenvalue weighted by Gasteiger charge is -2.01. The molecule has 4 aromatic heterocycles. The average molecular weight is 336 g/mol.